The number of aromatic nitrogens is 1. The van der Waals surface area contributed by atoms with E-state index in [4.69, 9.17) is 4.74 Å². The van der Waals surface area contributed by atoms with Crippen LogP contribution in [0.2, 0.25) is 0 Å². The van der Waals surface area contributed by atoms with Crippen LogP contribution in [0.15, 0.2) is 54.7 Å². The quantitative estimate of drug-likeness (QED) is 0.355. The van der Waals surface area contributed by atoms with E-state index >= 15 is 0 Å². The van der Waals surface area contributed by atoms with Crippen molar-refractivity contribution in [2.75, 3.05) is 25.0 Å². The Morgan fingerprint density at radius 1 is 1.00 bits per heavy atom. The average molecular weight is 560 g/mol. The summed E-state index contributed by atoms with van der Waals surface area (Å²) in [5.41, 5.74) is 2.43. The van der Waals surface area contributed by atoms with Crippen molar-refractivity contribution in [1.29, 1.82) is 0 Å². The lowest BCUT2D eigenvalue weighted by Crippen LogP contribution is -2.60. The fourth-order valence-electron chi connectivity index (χ4n) is 5.96. The van der Waals surface area contributed by atoms with Gasteiger partial charge >= 0.3 is 6.09 Å². The number of hydrogen-bond acceptors (Lipinski definition) is 5. The lowest BCUT2D eigenvalue weighted by atomic mass is 9.74. The number of likely N-dealkylation sites (tertiary alicyclic amines) is 1. The molecule has 3 amide bonds. The van der Waals surface area contributed by atoms with Crippen molar-refractivity contribution in [2.24, 2.45) is 0 Å². The lowest BCUT2D eigenvalue weighted by Gasteiger charge is -2.41. The number of amides is 3. The first-order valence-corrected chi connectivity index (χ1v) is 14.4. The van der Waals surface area contributed by atoms with Crippen LogP contribution in [0.1, 0.15) is 58.6 Å². The molecule has 2 aliphatic rings. The summed E-state index contributed by atoms with van der Waals surface area (Å²) in [6.07, 6.45) is 3.23. The summed E-state index contributed by atoms with van der Waals surface area (Å²) in [6.45, 7) is 10.6. The summed E-state index contributed by atoms with van der Waals surface area (Å²) >= 11 is 0. The predicted molar refractivity (Wildman–Crippen MR) is 160 cm³/mol. The summed E-state index contributed by atoms with van der Waals surface area (Å²) in [7, 11) is 0. The molecule has 1 atom stereocenters. The number of anilines is 1. The summed E-state index contributed by atoms with van der Waals surface area (Å²) < 4.78 is 5.36. The number of rotatable bonds is 6. The summed E-state index contributed by atoms with van der Waals surface area (Å²) in [4.78, 5) is 45.2. The third-order valence-electron chi connectivity index (χ3n) is 8.23. The fraction of sp³-hybridized carbons (Fsp3) is 0.469. The zero-order chi connectivity index (χ0) is 29.4. The van der Waals surface area contributed by atoms with Gasteiger partial charge in [0.1, 0.15) is 17.2 Å². The van der Waals surface area contributed by atoms with Gasteiger partial charge in [0.25, 0.3) is 0 Å². The number of piperidine rings is 1. The molecule has 5 rings (SSSR count). The monoisotopic (exact) mass is 559 g/mol. The molecule has 2 aromatic carbocycles. The van der Waals surface area contributed by atoms with E-state index < -0.39 is 29.2 Å². The minimum Gasteiger partial charge on any atom is -0.444 e. The molecule has 9 nitrogen and oxygen atoms in total. The Balaban J connectivity index is 1.33. The molecule has 2 aliphatic heterocycles. The number of benzene rings is 2. The molecule has 0 radical (unpaired) electrons. The number of H-pyrrole nitrogens is 1. The molecule has 0 bridgehead atoms. The molecule has 0 unspecified atom stereocenters. The fourth-order valence-corrected chi connectivity index (χ4v) is 5.96. The normalized spacial score (nSPS) is 17.0. The molecule has 0 aliphatic carbocycles. The summed E-state index contributed by atoms with van der Waals surface area (Å²) in [6, 6.07) is 15.5. The van der Waals surface area contributed by atoms with Gasteiger partial charge in [0.2, 0.25) is 11.8 Å². The number of carbonyl (C=O) groups excluding carboxylic acids is 3. The van der Waals surface area contributed by atoms with Crippen LogP contribution in [0, 0.1) is 0 Å². The van der Waals surface area contributed by atoms with Crippen LogP contribution in [0.4, 0.5) is 10.5 Å². The number of alkyl carbamates (subject to hydrolysis) is 1. The number of ether oxygens (including phenoxy) is 1. The van der Waals surface area contributed by atoms with Crippen molar-refractivity contribution in [3.63, 3.8) is 0 Å². The largest absolute Gasteiger partial charge is 0.444 e. The van der Waals surface area contributed by atoms with E-state index in [-0.39, 0.29) is 11.3 Å². The second-order valence-electron chi connectivity index (χ2n) is 12.8. The van der Waals surface area contributed by atoms with Gasteiger partial charge in [-0.25, -0.2) is 4.79 Å². The van der Waals surface area contributed by atoms with Crippen LogP contribution in [-0.2, 0) is 26.2 Å². The van der Waals surface area contributed by atoms with Crippen LogP contribution in [0.5, 0.6) is 0 Å². The van der Waals surface area contributed by atoms with Gasteiger partial charge in [-0.2, -0.15) is 0 Å². The van der Waals surface area contributed by atoms with E-state index in [0.29, 0.717) is 19.5 Å². The van der Waals surface area contributed by atoms with Gasteiger partial charge < -0.3 is 30.6 Å². The standard InChI is InChI=1S/C32H41N5O4/c1-30(2,3)41-29(40)36-31(4,5)28(39)35-26(18-21-19-33-24-12-8-6-10-22(21)24)27(38)37-16-14-32(15-17-37)20-34-25-13-9-7-11-23(25)32/h6-13,19,26,33-34H,14-18,20H2,1-5H3,(H,35,39)(H,36,40)/t26-/m1/s1. The first-order chi connectivity index (χ1) is 19.4. The van der Waals surface area contributed by atoms with E-state index in [2.05, 4.69) is 39.1 Å². The van der Waals surface area contributed by atoms with Crippen molar-refractivity contribution in [3.05, 3.63) is 65.9 Å². The zero-order valence-corrected chi connectivity index (χ0v) is 24.6. The molecule has 1 saturated heterocycles. The maximum atomic E-state index is 14.1. The Kier molecular flexibility index (Phi) is 7.48. The predicted octanol–water partition coefficient (Wildman–Crippen LogP) is 4.48. The molecular weight excluding hydrogens is 518 g/mol. The Bertz CT molecular complexity index is 1450. The van der Waals surface area contributed by atoms with Gasteiger partial charge in [-0.05, 0) is 70.7 Å². The highest BCUT2D eigenvalue weighted by Crippen LogP contribution is 2.43. The van der Waals surface area contributed by atoms with Gasteiger partial charge in [-0.3, -0.25) is 9.59 Å². The molecule has 41 heavy (non-hydrogen) atoms. The molecular formula is C32H41N5O4. The number of hydrogen-bond donors (Lipinski definition) is 4. The van der Waals surface area contributed by atoms with Crippen molar-refractivity contribution in [1.82, 2.24) is 20.5 Å². The van der Waals surface area contributed by atoms with E-state index in [0.717, 1.165) is 35.9 Å². The number of nitrogens with one attached hydrogen (secondary N) is 4. The van der Waals surface area contributed by atoms with Gasteiger partial charge in [0.05, 0.1) is 0 Å². The Morgan fingerprint density at radius 3 is 2.41 bits per heavy atom. The maximum Gasteiger partial charge on any atom is 0.408 e. The Hall–Kier alpha value is -4.01. The summed E-state index contributed by atoms with van der Waals surface area (Å²) in [5, 5.41) is 10.2. The van der Waals surface area contributed by atoms with Crippen molar-refractivity contribution >= 4 is 34.5 Å². The van der Waals surface area contributed by atoms with Crippen LogP contribution in [0.25, 0.3) is 10.9 Å². The molecule has 1 aromatic heterocycles. The third-order valence-corrected chi connectivity index (χ3v) is 8.23. The van der Waals surface area contributed by atoms with Crippen LogP contribution >= 0.6 is 0 Å². The van der Waals surface area contributed by atoms with Gasteiger partial charge in [-0.15, -0.1) is 0 Å². The second kappa shape index (κ2) is 10.8. The van der Waals surface area contributed by atoms with Crippen LogP contribution in [0.3, 0.4) is 0 Å². The minimum absolute atomic E-state index is 0.0162. The van der Waals surface area contributed by atoms with Gasteiger partial charge in [0.15, 0.2) is 0 Å². The van der Waals surface area contributed by atoms with Gasteiger partial charge in [0, 0.05) is 54.3 Å². The number of nitrogens with zero attached hydrogens (tertiary/aromatic N) is 1. The molecule has 3 aromatic rings. The number of aromatic amines is 1. The molecule has 1 fully saturated rings. The number of fused-ring (bicyclic) bond motifs is 3. The topological polar surface area (TPSA) is 116 Å². The summed E-state index contributed by atoms with van der Waals surface area (Å²) in [5.74, 6) is -0.574. The second-order valence-corrected chi connectivity index (χ2v) is 12.8. The van der Waals surface area contributed by atoms with Crippen LogP contribution in [-0.4, -0.2) is 64.6 Å². The molecule has 9 heteroatoms. The zero-order valence-electron chi connectivity index (χ0n) is 24.6. The maximum absolute atomic E-state index is 14.1. The molecule has 4 N–H and O–H groups in total. The van der Waals surface area contributed by atoms with Crippen LogP contribution < -0.4 is 16.0 Å². The highest BCUT2D eigenvalue weighted by atomic mass is 16.6. The highest BCUT2D eigenvalue weighted by molar-refractivity contribution is 5.94. The Morgan fingerprint density at radius 2 is 1.68 bits per heavy atom. The number of para-hydroxylation sites is 2. The van der Waals surface area contributed by atoms with E-state index in [1.807, 2.05) is 41.4 Å². The SMILES string of the molecule is CC(C)(C)OC(=O)NC(C)(C)C(=O)N[C@H](Cc1c[nH]c2ccccc12)C(=O)N1CCC2(CC1)CNc1ccccc12. The highest BCUT2D eigenvalue weighted by Gasteiger charge is 2.43. The van der Waals surface area contributed by atoms with E-state index in [1.165, 1.54) is 11.3 Å². The van der Waals surface area contributed by atoms with E-state index in [9.17, 15) is 14.4 Å². The first-order valence-electron chi connectivity index (χ1n) is 14.4. The van der Waals surface area contributed by atoms with E-state index in [1.54, 1.807) is 34.6 Å². The van der Waals surface area contributed by atoms with Crippen molar-refractivity contribution < 1.29 is 19.1 Å². The molecule has 1 spiro atoms. The van der Waals surface area contributed by atoms with Crippen molar-refractivity contribution in [3.8, 4) is 0 Å². The average Bonchev–Trinajstić information content (AvgIpc) is 3.49. The smallest absolute Gasteiger partial charge is 0.408 e. The molecule has 3 heterocycles. The third kappa shape index (κ3) is 6.04. The Labute approximate surface area is 241 Å². The van der Waals surface area contributed by atoms with Gasteiger partial charge in [-0.1, -0.05) is 36.4 Å². The first kappa shape index (κ1) is 28.5. The molecule has 218 valence electrons. The molecule has 0 saturated carbocycles. The minimum atomic E-state index is -1.30. The van der Waals surface area contributed by atoms with Crippen molar-refractivity contribution in [2.45, 2.75) is 76.5 Å². The lowest BCUT2D eigenvalue weighted by molar-refractivity contribution is -0.139. The number of carbonyl (C=O) groups is 3.